The molecule has 0 aliphatic carbocycles. The number of hydrogen-bond acceptors (Lipinski definition) is 3. The monoisotopic (exact) mass is 290 g/mol. The van der Waals surface area contributed by atoms with Crippen LogP contribution in [0.25, 0.3) is 0 Å². The Morgan fingerprint density at radius 3 is 2.00 bits per heavy atom. The Hall–Kier alpha value is -1.19. The molecule has 1 rings (SSSR count). The number of carbonyl (C=O) groups excluding carboxylic acids is 1. The van der Waals surface area contributed by atoms with Crippen molar-refractivity contribution in [2.75, 3.05) is 39.3 Å². The molecule has 0 amide bonds. The van der Waals surface area contributed by atoms with Gasteiger partial charge >= 0.3 is 0 Å². The molecule has 0 saturated heterocycles. The molecule has 0 heterocycles. The molecule has 1 aromatic rings. The Balaban J connectivity index is 2.29. The molecule has 118 valence electrons. The summed E-state index contributed by atoms with van der Waals surface area (Å²) in [6, 6.07) is 9.60. The molecule has 0 spiro atoms. The summed E-state index contributed by atoms with van der Waals surface area (Å²) in [4.78, 5) is 16.9. The number of nitrogens with zero attached hydrogens (tertiary/aromatic N) is 2. The highest BCUT2D eigenvalue weighted by Crippen LogP contribution is 2.05. The maximum Gasteiger partial charge on any atom is 0.164 e. The van der Waals surface area contributed by atoms with E-state index < -0.39 is 0 Å². The Morgan fingerprint density at radius 2 is 1.43 bits per heavy atom. The number of benzene rings is 1. The first-order chi connectivity index (χ1) is 10.2. The van der Waals surface area contributed by atoms with Gasteiger partial charge in [-0.25, -0.2) is 0 Å². The van der Waals surface area contributed by atoms with Crippen LogP contribution in [0.5, 0.6) is 0 Å². The third kappa shape index (κ3) is 6.87. The molecule has 0 N–H and O–H groups in total. The van der Waals surface area contributed by atoms with Gasteiger partial charge in [-0.2, -0.15) is 0 Å². The fourth-order valence-corrected chi connectivity index (χ4v) is 2.51. The summed E-state index contributed by atoms with van der Waals surface area (Å²) < 4.78 is 0. The summed E-state index contributed by atoms with van der Waals surface area (Å²) in [6.45, 7) is 12.9. The zero-order valence-corrected chi connectivity index (χ0v) is 13.8. The van der Waals surface area contributed by atoms with Gasteiger partial charge in [0.15, 0.2) is 5.78 Å². The Kier molecular flexibility index (Phi) is 8.95. The van der Waals surface area contributed by atoms with Gasteiger partial charge in [0.25, 0.3) is 0 Å². The second kappa shape index (κ2) is 10.5. The first kappa shape index (κ1) is 17.9. The lowest BCUT2D eigenvalue weighted by molar-refractivity contribution is 0.0964. The molecule has 0 aliphatic heterocycles. The van der Waals surface area contributed by atoms with E-state index in [1.165, 1.54) is 6.42 Å². The molecule has 21 heavy (non-hydrogen) atoms. The summed E-state index contributed by atoms with van der Waals surface area (Å²) >= 11 is 0. The predicted molar refractivity (Wildman–Crippen MR) is 89.9 cm³/mol. The van der Waals surface area contributed by atoms with Crippen LogP contribution in [-0.2, 0) is 0 Å². The highest BCUT2D eigenvalue weighted by atomic mass is 16.1. The van der Waals surface area contributed by atoms with E-state index in [0.29, 0.717) is 6.42 Å². The van der Waals surface area contributed by atoms with Crippen molar-refractivity contribution in [2.45, 2.75) is 33.6 Å². The summed E-state index contributed by atoms with van der Waals surface area (Å²) in [5, 5.41) is 0. The minimum Gasteiger partial charge on any atom is -0.304 e. The number of hydrogen-bond donors (Lipinski definition) is 0. The lowest BCUT2D eigenvalue weighted by Gasteiger charge is -2.23. The average Bonchev–Trinajstić information content (AvgIpc) is 2.55. The highest BCUT2D eigenvalue weighted by Gasteiger charge is 2.09. The van der Waals surface area contributed by atoms with Crippen LogP contribution in [0.1, 0.15) is 44.0 Å². The molecule has 0 radical (unpaired) electrons. The third-order valence-electron chi connectivity index (χ3n) is 4.04. The van der Waals surface area contributed by atoms with E-state index in [4.69, 9.17) is 0 Å². The third-order valence-corrected chi connectivity index (χ3v) is 4.04. The minimum absolute atomic E-state index is 0.248. The molecular weight excluding hydrogens is 260 g/mol. The fourth-order valence-electron chi connectivity index (χ4n) is 2.51. The van der Waals surface area contributed by atoms with Crippen molar-refractivity contribution in [2.24, 2.45) is 0 Å². The summed E-state index contributed by atoms with van der Waals surface area (Å²) in [7, 11) is 0. The topological polar surface area (TPSA) is 23.6 Å². The van der Waals surface area contributed by atoms with Gasteiger partial charge in [-0.1, -0.05) is 51.1 Å². The van der Waals surface area contributed by atoms with E-state index in [2.05, 4.69) is 30.6 Å². The van der Waals surface area contributed by atoms with Crippen LogP contribution in [0.3, 0.4) is 0 Å². The van der Waals surface area contributed by atoms with Crippen LogP contribution in [0.15, 0.2) is 30.3 Å². The van der Waals surface area contributed by atoms with Crippen LogP contribution < -0.4 is 0 Å². The van der Waals surface area contributed by atoms with Gasteiger partial charge in [-0.3, -0.25) is 4.79 Å². The van der Waals surface area contributed by atoms with Crippen molar-refractivity contribution in [1.29, 1.82) is 0 Å². The van der Waals surface area contributed by atoms with E-state index >= 15 is 0 Å². The normalized spacial score (nSPS) is 11.3. The maximum atomic E-state index is 12.1. The second-order valence-electron chi connectivity index (χ2n) is 5.35. The van der Waals surface area contributed by atoms with Crippen molar-refractivity contribution < 1.29 is 4.79 Å². The minimum atomic E-state index is 0.248. The molecule has 3 heteroatoms. The molecular formula is C18H30N2O. The lowest BCUT2D eigenvalue weighted by atomic mass is 10.1. The van der Waals surface area contributed by atoms with Gasteiger partial charge in [0.05, 0.1) is 0 Å². The summed E-state index contributed by atoms with van der Waals surface area (Å²) in [6.07, 6.45) is 1.79. The van der Waals surface area contributed by atoms with Gasteiger partial charge in [-0.15, -0.1) is 0 Å². The van der Waals surface area contributed by atoms with Crippen molar-refractivity contribution in [3.8, 4) is 0 Å². The van der Waals surface area contributed by atoms with Gasteiger partial charge in [-0.05, 0) is 39.1 Å². The molecule has 0 saturated carbocycles. The Bertz CT molecular complexity index is 387. The smallest absolute Gasteiger partial charge is 0.164 e. The van der Waals surface area contributed by atoms with Crippen molar-refractivity contribution in [1.82, 2.24) is 9.80 Å². The number of rotatable bonds is 11. The standard InChI is InChI=1S/C18H30N2O/c1-4-19(5-2)14-10-15-20(6-3)16-13-18(21)17-11-8-7-9-12-17/h7-9,11-12H,4-6,10,13-16H2,1-3H3. The van der Waals surface area contributed by atoms with Crippen LogP contribution in [0.4, 0.5) is 0 Å². The molecule has 0 fully saturated rings. The predicted octanol–water partition coefficient (Wildman–Crippen LogP) is 3.31. The Morgan fingerprint density at radius 1 is 0.857 bits per heavy atom. The van der Waals surface area contributed by atoms with Gasteiger partial charge < -0.3 is 9.80 Å². The molecule has 1 aromatic carbocycles. The van der Waals surface area contributed by atoms with Gasteiger partial charge in [0, 0.05) is 18.5 Å². The first-order valence-corrected chi connectivity index (χ1v) is 8.24. The van der Waals surface area contributed by atoms with Crippen molar-refractivity contribution in [3.63, 3.8) is 0 Å². The average molecular weight is 290 g/mol. The van der Waals surface area contributed by atoms with Crippen LogP contribution in [0, 0.1) is 0 Å². The number of ketones is 1. The zero-order chi connectivity index (χ0) is 15.5. The molecule has 0 atom stereocenters. The number of carbonyl (C=O) groups is 1. The maximum absolute atomic E-state index is 12.1. The van der Waals surface area contributed by atoms with E-state index in [-0.39, 0.29) is 5.78 Å². The summed E-state index contributed by atoms with van der Waals surface area (Å²) in [5.74, 6) is 0.248. The molecule has 3 nitrogen and oxygen atoms in total. The van der Waals surface area contributed by atoms with Gasteiger partial charge in [0.1, 0.15) is 0 Å². The molecule has 0 aliphatic rings. The Labute approximate surface area is 129 Å². The largest absolute Gasteiger partial charge is 0.304 e. The summed E-state index contributed by atoms with van der Waals surface area (Å²) in [5.41, 5.74) is 0.830. The van der Waals surface area contributed by atoms with Crippen molar-refractivity contribution >= 4 is 5.78 Å². The van der Waals surface area contributed by atoms with E-state index in [0.717, 1.165) is 44.8 Å². The van der Waals surface area contributed by atoms with Crippen LogP contribution in [-0.4, -0.2) is 54.9 Å². The van der Waals surface area contributed by atoms with Gasteiger partial charge in [0.2, 0.25) is 0 Å². The van der Waals surface area contributed by atoms with E-state index in [1.54, 1.807) is 0 Å². The van der Waals surface area contributed by atoms with E-state index in [9.17, 15) is 4.79 Å². The molecule has 0 aromatic heterocycles. The zero-order valence-electron chi connectivity index (χ0n) is 13.8. The SMILES string of the molecule is CCN(CC)CCCN(CC)CCC(=O)c1ccccc1. The van der Waals surface area contributed by atoms with Crippen LogP contribution in [0.2, 0.25) is 0 Å². The first-order valence-electron chi connectivity index (χ1n) is 8.24. The quantitative estimate of drug-likeness (QED) is 0.584. The molecule has 0 unspecified atom stereocenters. The van der Waals surface area contributed by atoms with Crippen molar-refractivity contribution in [3.05, 3.63) is 35.9 Å². The second-order valence-corrected chi connectivity index (χ2v) is 5.35. The highest BCUT2D eigenvalue weighted by molar-refractivity contribution is 5.96. The van der Waals surface area contributed by atoms with Crippen LogP contribution >= 0.6 is 0 Å². The van der Waals surface area contributed by atoms with E-state index in [1.807, 2.05) is 30.3 Å². The fraction of sp³-hybridized carbons (Fsp3) is 0.611. The lowest BCUT2D eigenvalue weighted by Crippen LogP contribution is -2.31. The number of Topliss-reactive ketones (excluding diaryl/α,β-unsaturated/α-hetero) is 1. The molecule has 0 bridgehead atoms.